The van der Waals surface area contributed by atoms with Crippen molar-refractivity contribution in [1.29, 1.82) is 0 Å². The highest BCUT2D eigenvalue weighted by molar-refractivity contribution is 5.81. The predicted octanol–water partition coefficient (Wildman–Crippen LogP) is -0.279. The van der Waals surface area contributed by atoms with E-state index in [-0.39, 0.29) is 29.8 Å². The van der Waals surface area contributed by atoms with Gasteiger partial charge < -0.3 is 19.3 Å². The number of rotatable bonds is 4. The van der Waals surface area contributed by atoms with Gasteiger partial charge in [0.25, 0.3) is 5.91 Å². The zero-order valence-electron chi connectivity index (χ0n) is 15.5. The van der Waals surface area contributed by atoms with E-state index in [4.69, 9.17) is 9.47 Å². The number of carbonyl (C=O) groups is 3. The van der Waals surface area contributed by atoms with Gasteiger partial charge in [-0.05, 0) is 25.7 Å². The van der Waals surface area contributed by atoms with Crippen LogP contribution in [0.2, 0.25) is 0 Å². The number of hydrogen-bond acceptors (Lipinski definition) is 6. The first-order valence-electron chi connectivity index (χ1n) is 9.57. The van der Waals surface area contributed by atoms with Gasteiger partial charge in [0.1, 0.15) is 6.10 Å². The summed E-state index contributed by atoms with van der Waals surface area (Å²) in [6.45, 7) is 4.99. The van der Waals surface area contributed by atoms with Crippen molar-refractivity contribution >= 4 is 17.8 Å². The number of ether oxygens (including phenoxy) is 2. The van der Waals surface area contributed by atoms with Gasteiger partial charge in [-0.1, -0.05) is 0 Å². The van der Waals surface area contributed by atoms with Gasteiger partial charge in [0.2, 0.25) is 5.91 Å². The Hall–Kier alpha value is -1.67. The highest BCUT2D eigenvalue weighted by atomic mass is 16.5. The molecule has 2 amide bonds. The number of carbonyl (C=O) groups excluding carboxylic acids is 3. The van der Waals surface area contributed by atoms with Gasteiger partial charge in [-0.25, -0.2) is 0 Å². The van der Waals surface area contributed by atoms with Crippen LogP contribution in [0.3, 0.4) is 0 Å². The Morgan fingerprint density at radius 3 is 2.23 bits per heavy atom. The first-order chi connectivity index (χ1) is 12.6. The Morgan fingerprint density at radius 2 is 1.65 bits per heavy atom. The lowest BCUT2D eigenvalue weighted by atomic mass is 9.97. The molecule has 146 valence electrons. The Morgan fingerprint density at radius 1 is 0.962 bits per heavy atom. The molecule has 0 bridgehead atoms. The Bertz CT molecular complexity index is 519. The summed E-state index contributed by atoms with van der Waals surface area (Å²) < 4.78 is 10.3. The van der Waals surface area contributed by atoms with Crippen molar-refractivity contribution in [2.24, 2.45) is 5.92 Å². The summed E-state index contributed by atoms with van der Waals surface area (Å²) in [6.07, 6.45) is 2.85. The monoisotopic (exact) mass is 367 g/mol. The number of piperidine rings is 1. The minimum atomic E-state index is -0.265. The van der Waals surface area contributed by atoms with E-state index in [0.29, 0.717) is 65.3 Å². The lowest BCUT2D eigenvalue weighted by Crippen LogP contribution is -2.54. The van der Waals surface area contributed by atoms with Crippen LogP contribution in [0.5, 0.6) is 0 Å². The van der Waals surface area contributed by atoms with Gasteiger partial charge in [-0.15, -0.1) is 0 Å². The first-order valence-corrected chi connectivity index (χ1v) is 9.57. The third-order valence-electron chi connectivity index (χ3n) is 5.63. The molecule has 3 aliphatic rings. The summed E-state index contributed by atoms with van der Waals surface area (Å²) in [6, 6.07) is 0. The van der Waals surface area contributed by atoms with E-state index in [1.807, 2.05) is 9.80 Å². The van der Waals surface area contributed by atoms with E-state index in [1.54, 1.807) is 0 Å². The van der Waals surface area contributed by atoms with Gasteiger partial charge in [0, 0.05) is 45.9 Å². The molecule has 0 radical (unpaired) electrons. The van der Waals surface area contributed by atoms with Gasteiger partial charge in [-0.2, -0.15) is 0 Å². The van der Waals surface area contributed by atoms with E-state index < -0.39 is 0 Å². The minimum Gasteiger partial charge on any atom is -0.469 e. The molecular formula is C18H29N3O5. The van der Waals surface area contributed by atoms with E-state index in [9.17, 15) is 14.4 Å². The number of methoxy groups -OCH3 is 1. The van der Waals surface area contributed by atoms with Crippen molar-refractivity contribution in [2.75, 3.05) is 59.5 Å². The van der Waals surface area contributed by atoms with Crippen LogP contribution in [0.4, 0.5) is 0 Å². The van der Waals surface area contributed by atoms with Crippen LogP contribution in [-0.4, -0.2) is 98.1 Å². The number of piperazine rings is 1. The van der Waals surface area contributed by atoms with Crippen molar-refractivity contribution < 1.29 is 23.9 Å². The predicted molar refractivity (Wildman–Crippen MR) is 93.3 cm³/mol. The standard InChI is InChI=1S/C18H29N3O5/c1-25-18(24)14-4-6-20(7-5-14)16(22)13-19-8-10-21(11-9-19)17(23)15-3-2-12-26-15/h14-15H,2-13H2,1H3. The number of hydrogen-bond donors (Lipinski definition) is 0. The molecule has 0 spiro atoms. The summed E-state index contributed by atoms with van der Waals surface area (Å²) in [5.41, 5.74) is 0. The fourth-order valence-corrected chi connectivity index (χ4v) is 3.92. The zero-order valence-corrected chi connectivity index (χ0v) is 15.5. The van der Waals surface area contributed by atoms with Crippen LogP contribution in [0, 0.1) is 5.92 Å². The highest BCUT2D eigenvalue weighted by Gasteiger charge is 2.32. The molecule has 0 N–H and O–H groups in total. The molecule has 3 rings (SSSR count). The van der Waals surface area contributed by atoms with Crippen LogP contribution in [0.25, 0.3) is 0 Å². The van der Waals surface area contributed by atoms with Gasteiger partial charge >= 0.3 is 5.97 Å². The molecule has 0 aromatic heterocycles. The molecule has 8 nitrogen and oxygen atoms in total. The average molecular weight is 367 g/mol. The smallest absolute Gasteiger partial charge is 0.308 e. The van der Waals surface area contributed by atoms with Crippen LogP contribution in [0.1, 0.15) is 25.7 Å². The second kappa shape index (κ2) is 8.81. The average Bonchev–Trinajstić information content (AvgIpc) is 3.22. The summed E-state index contributed by atoms with van der Waals surface area (Å²) >= 11 is 0. The SMILES string of the molecule is COC(=O)C1CCN(C(=O)CN2CCN(C(=O)C3CCCO3)CC2)CC1. The third kappa shape index (κ3) is 4.54. The van der Waals surface area contributed by atoms with E-state index in [1.165, 1.54) is 7.11 Å². The summed E-state index contributed by atoms with van der Waals surface area (Å²) in [7, 11) is 1.41. The Balaban J connectivity index is 1.38. The summed E-state index contributed by atoms with van der Waals surface area (Å²) in [5.74, 6) is -0.0638. The fraction of sp³-hybridized carbons (Fsp3) is 0.833. The second-order valence-electron chi connectivity index (χ2n) is 7.28. The maximum Gasteiger partial charge on any atom is 0.308 e. The number of nitrogens with zero attached hydrogens (tertiary/aromatic N) is 3. The van der Waals surface area contributed by atoms with Crippen molar-refractivity contribution in [3.05, 3.63) is 0 Å². The largest absolute Gasteiger partial charge is 0.469 e. The molecule has 3 fully saturated rings. The molecule has 3 saturated heterocycles. The van der Waals surface area contributed by atoms with E-state index in [0.717, 1.165) is 12.8 Å². The molecule has 1 unspecified atom stereocenters. The van der Waals surface area contributed by atoms with Crippen molar-refractivity contribution in [3.63, 3.8) is 0 Å². The molecular weight excluding hydrogens is 338 g/mol. The fourth-order valence-electron chi connectivity index (χ4n) is 3.92. The van der Waals surface area contributed by atoms with Gasteiger partial charge in [0.15, 0.2) is 0 Å². The van der Waals surface area contributed by atoms with Crippen molar-refractivity contribution in [2.45, 2.75) is 31.8 Å². The van der Waals surface area contributed by atoms with Gasteiger partial charge in [-0.3, -0.25) is 19.3 Å². The Kier molecular flexibility index (Phi) is 6.48. The number of amides is 2. The quantitative estimate of drug-likeness (QED) is 0.636. The topological polar surface area (TPSA) is 79.4 Å². The number of likely N-dealkylation sites (tertiary alicyclic amines) is 1. The Labute approximate surface area is 154 Å². The molecule has 26 heavy (non-hydrogen) atoms. The van der Waals surface area contributed by atoms with Crippen LogP contribution in [0.15, 0.2) is 0 Å². The van der Waals surface area contributed by atoms with Crippen LogP contribution < -0.4 is 0 Å². The lowest BCUT2D eigenvalue weighted by molar-refractivity contribution is -0.149. The van der Waals surface area contributed by atoms with Crippen molar-refractivity contribution in [3.8, 4) is 0 Å². The molecule has 3 heterocycles. The molecule has 0 aliphatic carbocycles. The van der Waals surface area contributed by atoms with E-state index >= 15 is 0 Å². The van der Waals surface area contributed by atoms with Crippen molar-refractivity contribution in [1.82, 2.24) is 14.7 Å². The summed E-state index contributed by atoms with van der Waals surface area (Å²) in [4.78, 5) is 42.2. The van der Waals surface area contributed by atoms with Gasteiger partial charge in [0.05, 0.1) is 19.6 Å². The number of esters is 1. The minimum absolute atomic E-state index is 0.0867. The highest BCUT2D eigenvalue weighted by Crippen LogP contribution is 2.19. The zero-order chi connectivity index (χ0) is 18.5. The molecule has 0 aromatic carbocycles. The van der Waals surface area contributed by atoms with E-state index in [2.05, 4.69) is 4.90 Å². The maximum atomic E-state index is 12.5. The second-order valence-corrected chi connectivity index (χ2v) is 7.28. The maximum absolute atomic E-state index is 12.5. The molecule has 1 atom stereocenters. The normalized spacial score (nSPS) is 25.3. The third-order valence-corrected chi connectivity index (χ3v) is 5.63. The first kappa shape index (κ1) is 19.1. The molecule has 3 aliphatic heterocycles. The molecule has 8 heteroatoms. The summed E-state index contributed by atoms with van der Waals surface area (Å²) in [5, 5.41) is 0. The molecule has 0 aromatic rings. The molecule has 0 saturated carbocycles. The van der Waals surface area contributed by atoms with Crippen LogP contribution in [-0.2, 0) is 23.9 Å². The van der Waals surface area contributed by atoms with Crippen LogP contribution >= 0.6 is 0 Å². The lowest BCUT2D eigenvalue weighted by Gasteiger charge is -2.37.